The predicted octanol–water partition coefficient (Wildman–Crippen LogP) is 7.41. The lowest BCUT2D eigenvalue weighted by Crippen LogP contribution is -2.57. The van der Waals surface area contributed by atoms with Gasteiger partial charge in [-0.1, -0.05) is 53.0 Å². The molecule has 0 amide bonds. The SMILES string of the molecule is CC(C)CCC[C@@H](C)[C@H]1CC[C@H]2[C@@H]3CC=C4C(C)(C)C(=O)CC(=O)[C@]4(C)[C@H]3CC[C@]12C. The fourth-order valence-corrected chi connectivity index (χ4v) is 8.99. The summed E-state index contributed by atoms with van der Waals surface area (Å²) in [5.74, 6) is 4.57. The van der Waals surface area contributed by atoms with Crippen molar-refractivity contribution < 1.29 is 9.59 Å². The minimum atomic E-state index is -0.475. The maximum Gasteiger partial charge on any atom is 0.150 e. The van der Waals surface area contributed by atoms with E-state index in [1.807, 2.05) is 0 Å². The number of carbonyl (C=O) groups is 2. The zero-order valence-corrected chi connectivity index (χ0v) is 21.2. The molecule has 31 heavy (non-hydrogen) atoms. The number of carbonyl (C=O) groups excluding carboxylic acids is 2. The second kappa shape index (κ2) is 7.84. The van der Waals surface area contributed by atoms with Crippen LogP contribution in [-0.4, -0.2) is 11.6 Å². The van der Waals surface area contributed by atoms with Gasteiger partial charge in [0.15, 0.2) is 0 Å². The van der Waals surface area contributed by atoms with Crippen molar-refractivity contribution in [3.05, 3.63) is 11.6 Å². The summed E-state index contributed by atoms with van der Waals surface area (Å²) in [6.45, 7) is 16.1. The van der Waals surface area contributed by atoms with Gasteiger partial charge in [0.25, 0.3) is 0 Å². The molecule has 3 saturated carbocycles. The predicted molar refractivity (Wildman–Crippen MR) is 128 cm³/mol. The normalized spacial score (nSPS) is 42.6. The Kier molecular flexibility index (Phi) is 5.88. The maximum absolute atomic E-state index is 13.4. The minimum absolute atomic E-state index is 0.122. The van der Waals surface area contributed by atoms with E-state index in [-0.39, 0.29) is 18.0 Å². The van der Waals surface area contributed by atoms with E-state index in [4.69, 9.17) is 0 Å². The average molecular weight is 427 g/mol. The third-order valence-corrected chi connectivity index (χ3v) is 10.8. The molecule has 4 aliphatic rings. The Morgan fingerprint density at radius 3 is 2.32 bits per heavy atom. The van der Waals surface area contributed by atoms with Gasteiger partial charge in [0.1, 0.15) is 11.6 Å². The fraction of sp³-hybridized carbons (Fsp3) is 0.862. The molecule has 2 heteroatoms. The van der Waals surface area contributed by atoms with Crippen LogP contribution < -0.4 is 0 Å². The summed E-state index contributed by atoms with van der Waals surface area (Å²) >= 11 is 0. The average Bonchev–Trinajstić information content (AvgIpc) is 3.04. The third kappa shape index (κ3) is 3.41. The highest BCUT2D eigenvalue weighted by Gasteiger charge is 2.63. The van der Waals surface area contributed by atoms with Gasteiger partial charge < -0.3 is 0 Å². The first-order valence-corrected chi connectivity index (χ1v) is 13.2. The molecule has 0 radical (unpaired) electrons. The van der Waals surface area contributed by atoms with Crippen molar-refractivity contribution >= 4 is 11.6 Å². The first-order chi connectivity index (χ1) is 14.4. The summed E-state index contributed by atoms with van der Waals surface area (Å²) in [4.78, 5) is 26.1. The molecule has 7 atom stereocenters. The summed E-state index contributed by atoms with van der Waals surface area (Å²) in [5, 5.41) is 0. The van der Waals surface area contributed by atoms with Crippen LogP contribution in [0.2, 0.25) is 0 Å². The molecule has 0 aromatic heterocycles. The number of Topliss-reactive ketones (excluding diaryl/α,β-unsaturated/α-hetero) is 2. The molecule has 0 bridgehead atoms. The topological polar surface area (TPSA) is 34.1 Å². The van der Waals surface area contributed by atoms with Crippen LogP contribution in [0.5, 0.6) is 0 Å². The molecular weight excluding hydrogens is 380 g/mol. The summed E-state index contributed by atoms with van der Waals surface area (Å²) in [7, 11) is 0. The van der Waals surface area contributed by atoms with Gasteiger partial charge in [0.2, 0.25) is 0 Å². The number of ketones is 2. The van der Waals surface area contributed by atoms with E-state index in [0.29, 0.717) is 17.3 Å². The summed E-state index contributed by atoms with van der Waals surface area (Å²) in [6, 6.07) is 0. The lowest BCUT2D eigenvalue weighted by atomic mass is 9.44. The van der Waals surface area contributed by atoms with Crippen molar-refractivity contribution in [2.45, 2.75) is 106 Å². The number of hydrogen-bond donors (Lipinski definition) is 0. The van der Waals surface area contributed by atoms with Crippen LogP contribution in [-0.2, 0) is 9.59 Å². The second-order valence-corrected chi connectivity index (χ2v) is 13.1. The quantitative estimate of drug-likeness (QED) is 0.339. The van der Waals surface area contributed by atoms with Crippen molar-refractivity contribution in [1.82, 2.24) is 0 Å². The van der Waals surface area contributed by atoms with Gasteiger partial charge >= 0.3 is 0 Å². The summed E-state index contributed by atoms with van der Waals surface area (Å²) in [5.41, 5.74) is 0.700. The van der Waals surface area contributed by atoms with Crippen molar-refractivity contribution in [3.63, 3.8) is 0 Å². The van der Waals surface area contributed by atoms with E-state index in [2.05, 4.69) is 54.5 Å². The van der Waals surface area contributed by atoms with Gasteiger partial charge in [0, 0.05) is 5.41 Å². The Hall–Kier alpha value is -0.920. The molecule has 0 unspecified atom stereocenters. The molecule has 0 N–H and O–H groups in total. The first kappa shape index (κ1) is 23.2. The smallest absolute Gasteiger partial charge is 0.150 e. The second-order valence-electron chi connectivity index (χ2n) is 13.1. The Morgan fingerprint density at radius 2 is 1.65 bits per heavy atom. The Balaban J connectivity index is 1.58. The van der Waals surface area contributed by atoms with Gasteiger partial charge in [0.05, 0.1) is 11.8 Å². The van der Waals surface area contributed by atoms with E-state index in [9.17, 15) is 9.59 Å². The van der Waals surface area contributed by atoms with E-state index in [0.717, 1.165) is 42.1 Å². The van der Waals surface area contributed by atoms with Crippen LogP contribution in [0.1, 0.15) is 106 Å². The molecule has 3 fully saturated rings. The number of rotatable bonds is 5. The highest BCUT2D eigenvalue weighted by molar-refractivity contribution is 6.10. The largest absolute Gasteiger partial charge is 0.298 e. The van der Waals surface area contributed by atoms with E-state index in [1.54, 1.807) is 0 Å². The van der Waals surface area contributed by atoms with Gasteiger partial charge in [-0.3, -0.25) is 9.59 Å². The van der Waals surface area contributed by atoms with Crippen LogP contribution in [0.4, 0.5) is 0 Å². The molecule has 0 aliphatic heterocycles. The van der Waals surface area contributed by atoms with E-state index < -0.39 is 10.8 Å². The molecule has 2 nitrogen and oxygen atoms in total. The van der Waals surface area contributed by atoms with Gasteiger partial charge in [-0.15, -0.1) is 0 Å². The molecule has 0 saturated heterocycles. The Morgan fingerprint density at radius 1 is 0.935 bits per heavy atom. The molecule has 4 aliphatic carbocycles. The zero-order valence-electron chi connectivity index (χ0n) is 21.2. The summed E-state index contributed by atoms with van der Waals surface area (Å²) in [6.07, 6.45) is 12.8. The van der Waals surface area contributed by atoms with Crippen molar-refractivity contribution in [2.24, 2.45) is 51.8 Å². The van der Waals surface area contributed by atoms with Crippen LogP contribution in [0.15, 0.2) is 11.6 Å². The highest BCUT2D eigenvalue weighted by atomic mass is 16.2. The fourth-order valence-electron chi connectivity index (χ4n) is 8.99. The Labute approximate surface area is 191 Å². The summed E-state index contributed by atoms with van der Waals surface area (Å²) < 4.78 is 0. The molecule has 0 heterocycles. The monoisotopic (exact) mass is 426 g/mol. The molecule has 0 spiro atoms. The van der Waals surface area contributed by atoms with Crippen LogP contribution in [0.3, 0.4) is 0 Å². The van der Waals surface area contributed by atoms with Crippen LogP contribution >= 0.6 is 0 Å². The van der Waals surface area contributed by atoms with Crippen molar-refractivity contribution in [3.8, 4) is 0 Å². The van der Waals surface area contributed by atoms with Gasteiger partial charge in [-0.05, 0) is 99.4 Å². The molecule has 4 rings (SSSR count). The molecule has 0 aromatic rings. The Bertz CT molecular complexity index is 774. The number of hydrogen-bond acceptors (Lipinski definition) is 2. The molecule has 174 valence electrons. The van der Waals surface area contributed by atoms with E-state index in [1.165, 1.54) is 38.5 Å². The number of fused-ring (bicyclic) bond motifs is 5. The van der Waals surface area contributed by atoms with Crippen molar-refractivity contribution in [2.75, 3.05) is 0 Å². The van der Waals surface area contributed by atoms with Crippen molar-refractivity contribution in [1.29, 1.82) is 0 Å². The highest BCUT2D eigenvalue weighted by Crippen LogP contribution is 2.68. The van der Waals surface area contributed by atoms with Gasteiger partial charge in [-0.2, -0.15) is 0 Å². The van der Waals surface area contributed by atoms with Crippen LogP contribution in [0, 0.1) is 51.8 Å². The van der Waals surface area contributed by atoms with Crippen LogP contribution in [0.25, 0.3) is 0 Å². The van der Waals surface area contributed by atoms with Gasteiger partial charge in [-0.25, -0.2) is 0 Å². The lowest BCUT2D eigenvalue weighted by Gasteiger charge is -2.59. The minimum Gasteiger partial charge on any atom is -0.298 e. The standard InChI is InChI=1S/C29H46O2/c1-18(2)9-8-10-19(3)21-12-13-22-20-11-14-24-27(4,5)25(30)17-26(31)29(24,7)23(20)15-16-28(21,22)6/h14,18-23H,8-13,15-17H2,1-7H3/t19-,20+,21-,22+,23+,28-,29-/m1/s1. The zero-order chi connectivity index (χ0) is 22.8. The molecular formula is C29H46O2. The van der Waals surface area contributed by atoms with E-state index >= 15 is 0 Å². The maximum atomic E-state index is 13.4. The lowest BCUT2D eigenvalue weighted by molar-refractivity contribution is -0.147. The third-order valence-electron chi connectivity index (χ3n) is 10.8. The first-order valence-electron chi connectivity index (χ1n) is 13.2. The number of allylic oxidation sites excluding steroid dienone is 2. The molecule has 0 aromatic carbocycles.